The molecule has 0 aromatic heterocycles. The summed E-state index contributed by atoms with van der Waals surface area (Å²) in [5.74, 6) is -0.0506. The highest BCUT2D eigenvalue weighted by atomic mass is 17.2. The van der Waals surface area contributed by atoms with Crippen molar-refractivity contribution in [2.24, 2.45) is 11.7 Å². The van der Waals surface area contributed by atoms with Crippen LogP contribution in [0.15, 0.2) is 42.5 Å². The molecule has 1 fully saturated rings. The molecule has 8 atom stereocenters. The SMILES string of the molecule is NCCOC1OC(COC(=O)CC(=O)O)C2(C=CC(CO)CO2)C(O)C1OOc1ccc2c(c1)C1Oc3cc4c(cc3C1CO2)OCO4. The third-order valence-electron chi connectivity index (χ3n) is 8.83. The first-order chi connectivity index (χ1) is 23.3. The number of aliphatic hydroxyl groups is 2. The Labute approximate surface area is 273 Å². The number of hydrogen-bond acceptors (Lipinski definition) is 15. The minimum Gasteiger partial charge on any atom is -0.492 e. The van der Waals surface area contributed by atoms with E-state index in [0.29, 0.717) is 29.6 Å². The lowest BCUT2D eigenvalue weighted by Gasteiger charge is -2.51. The summed E-state index contributed by atoms with van der Waals surface area (Å²) in [5.41, 5.74) is 5.67. The van der Waals surface area contributed by atoms with E-state index in [0.717, 1.165) is 11.1 Å². The zero-order chi connectivity index (χ0) is 33.4. The normalized spacial score (nSPS) is 30.9. The van der Waals surface area contributed by atoms with Crippen LogP contribution in [0.4, 0.5) is 0 Å². The number of ether oxygens (including phenoxy) is 8. The Balaban J connectivity index is 1.11. The van der Waals surface area contributed by atoms with Gasteiger partial charge in [-0.05, 0) is 24.3 Å². The summed E-state index contributed by atoms with van der Waals surface area (Å²) in [6, 6.07) is 8.79. The molecule has 5 aliphatic heterocycles. The average Bonchev–Trinajstić information content (AvgIpc) is 3.70. The molecule has 0 saturated carbocycles. The van der Waals surface area contributed by atoms with Gasteiger partial charge in [0.25, 0.3) is 0 Å². The number of carboxylic acids is 1. The van der Waals surface area contributed by atoms with Gasteiger partial charge in [-0.1, -0.05) is 12.2 Å². The maximum absolute atomic E-state index is 12.1. The number of nitrogens with two attached hydrogens (primary N) is 1. The number of carbonyl (C=O) groups is 2. The zero-order valence-corrected chi connectivity index (χ0v) is 25.6. The Bertz CT molecular complexity index is 1570. The van der Waals surface area contributed by atoms with Crippen LogP contribution in [0.3, 0.4) is 0 Å². The van der Waals surface area contributed by atoms with Crippen LogP contribution in [0.5, 0.6) is 28.7 Å². The summed E-state index contributed by atoms with van der Waals surface area (Å²) in [6.07, 6.45) is -3.41. The Kier molecular flexibility index (Phi) is 9.04. The minimum atomic E-state index is -1.65. The standard InChI is InChI=1S/C32H35NO15/c33-5-6-39-31-29(30(38)32(4-3-16(11-34)12-44-32)25(46-31)14-41-27(37)10-26(35)36)48-47-17-1-2-21-19(7-17)28-20(13-40-21)18-8-23-24(43-15-42-23)9-22(18)45-28/h1-4,7-9,16,20,25,28-31,34,38H,5-6,10-15,33H2,(H,35,36). The van der Waals surface area contributed by atoms with E-state index in [1.807, 2.05) is 12.1 Å². The van der Waals surface area contributed by atoms with E-state index >= 15 is 0 Å². The zero-order valence-electron chi connectivity index (χ0n) is 25.6. The molecule has 5 aliphatic rings. The highest BCUT2D eigenvalue weighted by Gasteiger charge is 2.59. The number of fused-ring (bicyclic) bond motifs is 6. The van der Waals surface area contributed by atoms with Crippen molar-refractivity contribution < 1.29 is 72.6 Å². The third-order valence-corrected chi connectivity index (χ3v) is 8.83. The van der Waals surface area contributed by atoms with Crippen LogP contribution < -0.4 is 29.6 Å². The Morgan fingerprint density at radius 3 is 2.60 bits per heavy atom. The van der Waals surface area contributed by atoms with Gasteiger partial charge in [0.15, 0.2) is 29.6 Å². The van der Waals surface area contributed by atoms with Gasteiger partial charge < -0.3 is 63.8 Å². The molecule has 48 heavy (non-hydrogen) atoms. The van der Waals surface area contributed by atoms with E-state index in [1.165, 1.54) is 6.08 Å². The number of esters is 1. The molecule has 0 bridgehead atoms. The van der Waals surface area contributed by atoms with Crippen molar-refractivity contribution >= 4 is 11.9 Å². The van der Waals surface area contributed by atoms with Crippen molar-refractivity contribution in [1.29, 1.82) is 0 Å². The van der Waals surface area contributed by atoms with Crippen LogP contribution in [0, 0.1) is 5.92 Å². The van der Waals surface area contributed by atoms with Gasteiger partial charge in [-0.2, -0.15) is 4.89 Å². The van der Waals surface area contributed by atoms with Crippen LogP contribution in [0.1, 0.15) is 29.6 Å². The van der Waals surface area contributed by atoms with Crippen molar-refractivity contribution in [3.8, 4) is 28.7 Å². The van der Waals surface area contributed by atoms with Crippen molar-refractivity contribution in [2.45, 2.75) is 48.6 Å². The number of hydrogen-bond donors (Lipinski definition) is 4. The Morgan fingerprint density at radius 2 is 1.85 bits per heavy atom. The first-order valence-electron chi connectivity index (χ1n) is 15.5. The molecule has 0 aliphatic carbocycles. The first kappa shape index (κ1) is 32.4. The fourth-order valence-electron chi connectivity index (χ4n) is 6.40. The van der Waals surface area contributed by atoms with Crippen molar-refractivity contribution in [3.63, 3.8) is 0 Å². The smallest absolute Gasteiger partial charge is 0.317 e. The van der Waals surface area contributed by atoms with Gasteiger partial charge >= 0.3 is 11.9 Å². The summed E-state index contributed by atoms with van der Waals surface area (Å²) in [6.45, 7) is -0.0364. The predicted octanol–water partition coefficient (Wildman–Crippen LogP) is 0.717. The summed E-state index contributed by atoms with van der Waals surface area (Å²) in [4.78, 5) is 34.6. The minimum absolute atomic E-state index is 0.00804. The molecular weight excluding hydrogens is 638 g/mol. The molecule has 0 radical (unpaired) electrons. The van der Waals surface area contributed by atoms with E-state index in [1.54, 1.807) is 24.3 Å². The first-order valence-corrected chi connectivity index (χ1v) is 15.5. The van der Waals surface area contributed by atoms with Gasteiger partial charge in [-0.25, -0.2) is 0 Å². The highest BCUT2D eigenvalue weighted by molar-refractivity contribution is 5.90. The Morgan fingerprint density at radius 1 is 1.02 bits per heavy atom. The molecule has 1 spiro atoms. The molecule has 1 saturated heterocycles. The van der Waals surface area contributed by atoms with Gasteiger partial charge in [0.2, 0.25) is 6.79 Å². The molecule has 258 valence electrons. The highest BCUT2D eigenvalue weighted by Crippen LogP contribution is 2.54. The number of carboxylic acid groups (broad SMARTS) is 1. The van der Waals surface area contributed by atoms with Gasteiger partial charge in [0, 0.05) is 29.7 Å². The molecule has 5 N–H and O–H groups in total. The summed E-state index contributed by atoms with van der Waals surface area (Å²) >= 11 is 0. The molecule has 16 heteroatoms. The third kappa shape index (κ3) is 6.00. The monoisotopic (exact) mass is 673 g/mol. The molecule has 16 nitrogen and oxygen atoms in total. The molecule has 2 aromatic carbocycles. The van der Waals surface area contributed by atoms with Crippen molar-refractivity contribution in [2.75, 3.05) is 46.4 Å². The van der Waals surface area contributed by atoms with Gasteiger partial charge in [0.05, 0.1) is 32.3 Å². The molecule has 0 amide bonds. The topological polar surface area (TPSA) is 213 Å². The lowest BCUT2D eigenvalue weighted by molar-refractivity contribution is -0.389. The molecular formula is C32H35NO15. The van der Waals surface area contributed by atoms with Gasteiger partial charge in [-0.15, -0.1) is 0 Å². The van der Waals surface area contributed by atoms with E-state index in [4.69, 9.17) is 58.5 Å². The van der Waals surface area contributed by atoms with Crippen LogP contribution in [0.25, 0.3) is 0 Å². The lowest BCUT2D eigenvalue weighted by Crippen LogP contribution is -2.69. The maximum atomic E-state index is 12.1. The van der Waals surface area contributed by atoms with E-state index in [2.05, 4.69) is 0 Å². The van der Waals surface area contributed by atoms with Crippen molar-refractivity contribution in [1.82, 2.24) is 0 Å². The second-order valence-corrected chi connectivity index (χ2v) is 11.9. The predicted molar refractivity (Wildman–Crippen MR) is 157 cm³/mol. The molecule has 7 rings (SSSR count). The fourth-order valence-corrected chi connectivity index (χ4v) is 6.40. The van der Waals surface area contributed by atoms with Crippen LogP contribution in [-0.2, 0) is 33.4 Å². The van der Waals surface area contributed by atoms with Crippen LogP contribution in [0.2, 0.25) is 0 Å². The second-order valence-electron chi connectivity index (χ2n) is 11.9. The number of carbonyl (C=O) groups excluding carboxylic acids is 1. The number of aliphatic carboxylic acids is 1. The van der Waals surface area contributed by atoms with Gasteiger partial charge in [-0.3, -0.25) is 9.59 Å². The van der Waals surface area contributed by atoms with E-state index in [-0.39, 0.29) is 56.8 Å². The van der Waals surface area contributed by atoms with Crippen molar-refractivity contribution in [3.05, 3.63) is 53.6 Å². The quantitative estimate of drug-likeness (QED) is 0.0850. The molecule has 8 unspecified atom stereocenters. The number of rotatable bonds is 11. The molecule has 2 aromatic rings. The van der Waals surface area contributed by atoms with Crippen LogP contribution in [-0.4, -0.2) is 104 Å². The summed E-state index contributed by atoms with van der Waals surface area (Å²) in [5, 5.41) is 30.4. The fraction of sp³-hybridized carbons (Fsp3) is 0.500. The van der Waals surface area contributed by atoms with E-state index < -0.39 is 55.2 Å². The largest absolute Gasteiger partial charge is 0.492 e. The Hall–Kier alpha value is -4.16. The van der Waals surface area contributed by atoms with E-state index in [9.17, 15) is 19.8 Å². The maximum Gasteiger partial charge on any atom is 0.317 e. The lowest BCUT2D eigenvalue weighted by atomic mass is 9.81. The average molecular weight is 674 g/mol. The summed E-state index contributed by atoms with van der Waals surface area (Å²) in [7, 11) is 0. The van der Waals surface area contributed by atoms with Crippen LogP contribution >= 0.6 is 0 Å². The number of benzene rings is 2. The van der Waals surface area contributed by atoms with Gasteiger partial charge in [0.1, 0.15) is 48.4 Å². The number of aliphatic hydroxyl groups excluding tert-OH is 2. The second kappa shape index (κ2) is 13.4. The summed E-state index contributed by atoms with van der Waals surface area (Å²) < 4.78 is 46.6. The molecule has 5 heterocycles.